The molecule has 10 heteroatoms. The van der Waals surface area contributed by atoms with Gasteiger partial charge >= 0.3 is 17.6 Å². The maximum atomic E-state index is 12.2. The van der Waals surface area contributed by atoms with Crippen molar-refractivity contribution in [3.63, 3.8) is 0 Å². The van der Waals surface area contributed by atoms with E-state index < -0.39 is 16.9 Å². The lowest BCUT2D eigenvalue weighted by molar-refractivity contribution is -0.385. The van der Waals surface area contributed by atoms with Crippen LogP contribution < -0.4 is 10.1 Å². The zero-order valence-electron chi connectivity index (χ0n) is 16.4. The number of ether oxygens (including phenoxy) is 3. The zero-order chi connectivity index (χ0) is 22.1. The molecule has 0 saturated carbocycles. The Balaban J connectivity index is 1.97. The third-order valence-electron chi connectivity index (χ3n) is 3.93. The monoisotopic (exact) mass is 416 g/mol. The summed E-state index contributed by atoms with van der Waals surface area (Å²) in [7, 11) is 2.39. The molecule has 0 spiro atoms. The Morgan fingerprint density at radius 1 is 1.00 bits per heavy atom. The van der Waals surface area contributed by atoms with E-state index in [0.717, 1.165) is 0 Å². The SMILES string of the molecule is COC(=O)c1cc(NC(=O)CCCOc2ccccc2[N+](=O)[O-])cc(C(=O)OC)c1. The van der Waals surface area contributed by atoms with Crippen LogP contribution in [-0.2, 0) is 14.3 Å². The highest BCUT2D eigenvalue weighted by atomic mass is 16.6. The number of nitro groups is 1. The largest absolute Gasteiger partial charge is 0.487 e. The Hall–Kier alpha value is -3.95. The molecule has 2 rings (SSSR count). The average Bonchev–Trinajstić information content (AvgIpc) is 2.75. The van der Waals surface area contributed by atoms with E-state index in [-0.39, 0.29) is 47.2 Å². The predicted octanol–water partition coefficient (Wildman–Crippen LogP) is 2.97. The average molecular weight is 416 g/mol. The van der Waals surface area contributed by atoms with E-state index in [9.17, 15) is 24.5 Å². The molecule has 0 unspecified atom stereocenters. The van der Waals surface area contributed by atoms with Crippen LogP contribution in [0, 0.1) is 10.1 Å². The Labute approximate surface area is 171 Å². The fourth-order valence-corrected chi connectivity index (χ4v) is 2.54. The summed E-state index contributed by atoms with van der Waals surface area (Å²) in [4.78, 5) is 46.2. The number of anilines is 1. The van der Waals surface area contributed by atoms with Crippen LogP contribution in [0.15, 0.2) is 42.5 Å². The number of benzene rings is 2. The van der Waals surface area contributed by atoms with Crippen molar-refractivity contribution >= 4 is 29.2 Å². The lowest BCUT2D eigenvalue weighted by Gasteiger charge is -2.10. The molecule has 1 N–H and O–H groups in total. The minimum atomic E-state index is -0.672. The molecule has 1 amide bonds. The highest BCUT2D eigenvalue weighted by Gasteiger charge is 2.16. The molecule has 2 aromatic rings. The van der Waals surface area contributed by atoms with Crippen molar-refractivity contribution in [2.24, 2.45) is 0 Å². The molecular weight excluding hydrogens is 396 g/mol. The van der Waals surface area contributed by atoms with Gasteiger partial charge in [0.15, 0.2) is 5.75 Å². The summed E-state index contributed by atoms with van der Waals surface area (Å²) in [5.74, 6) is -1.61. The minimum Gasteiger partial charge on any atom is -0.487 e. The van der Waals surface area contributed by atoms with Crippen molar-refractivity contribution in [1.82, 2.24) is 0 Å². The van der Waals surface area contributed by atoms with Gasteiger partial charge in [-0.05, 0) is 30.7 Å². The van der Waals surface area contributed by atoms with Crippen LogP contribution in [0.4, 0.5) is 11.4 Å². The van der Waals surface area contributed by atoms with Crippen LogP contribution in [0.1, 0.15) is 33.6 Å². The molecule has 158 valence electrons. The summed E-state index contributed by atoms with van der Waals surface area (Å²) in [5, 5.41) is 13.5. The lowest BCUT2D eigenvalue weighted by Crippen LogP contribution is -2.15. The van der Waals surface area contributed by atoms with Gasteiger partial charge in [0.2, 0.25) is 5.91 Å². The quantitative estimate of drug-likeness (QED) is 0.285. The van der Waals surface area contributed by atoms with E-state index in [4.69, 9.17) is 4.74 Å². The zero-order valence-corrected chi connectivity index (χ0v) is 16.4. The number of hydrogen-bond acceptors (Lipinski definition) is 8. The summed E-state index contributed by atoms with van der Waals surface area (Å²) in [6, 6.07) is 10.00. The smallest absolute Gasteiger partial charge is 0.337 e. The number of methoxy groups -OCH3 is 2. The van der Waals surface area contributed by atoms with Gasteiger partial charge in [0.25, 0.3) is 0 Å². The van der Waals surface area contributed by atoms with Gasteiger partial charge in [-0.2, -0.15) is 0 Å². The van der Waals surface area contributed by atoms with Crippen LogP contribution in [0.2, 0.25) is 0 Å². The van der Waals surface area contributed by atoms with Gasteiger partial charge in [0.05, 0.1) is 36.9 Å². The van der Waals surface area contributed by atoms with Crippen molar-refractivity contribution in [1.29, 1.82) is 0 Å². The topological polar surface area (TPSA) is 134 Å². The number of hydrogen-bond donors (Lipinski definition) is 1. The molecule has 0 aliphatic carbocycles. The minimum absolute atomic E-state index is 0.0522. The summed E-state index contributed by atoms with van der Waals surface area (Å²) < 4.78 is 14.7. The number of amides is 1. The van der Waals surface area contributed by atoms with Gasteiger partial charge in [-0.1, -0.05) is 12.1 Å². The Kier molecular flexibility index (Phi) is 7.86. The molecule has 0 aliphatic heterocycles. The van der Waals surface area contributed by atoms with Gasteiger partial charge in [-0.3, -0.25) is 14.9 Å². The van der Waals surface area contributed by atoms with E-state index in [1.807, 2.05) is 0 Å². The maximum Gasteiger partial charge on any atom is 0.337 e. The molecule has 0 heterocycles. The normalized spacial score (nSPS) is 10.1. The third-order valence-corrected chi connectivity index (χ3v) is 3.93. The summed E-state index contributed by atoms with van der Waals surface area (Å²) in [6.07, 6.45) is 0.342. The van der Waals surface area contributed by atoms with Crippen molar-refractivity contribution in [3.05, 3.63) is 63.7 Å². The first-order valence-corrected chi connectivity index (χ1v) is 8.83. The molecule has 2 aromatic carbocycles. The Bertz CT molecular complexity index is 923. The highest BCUT2D eigenvalue weighted by Crippen LogP contribution is 2.26. The first-order valence-electron chi connectivity index (χ1n) is 8.83. The lowest BCUT2D eigenvalue weighted by atomic mass is 10.1. The molecule has 30 heavy (non-hydrogen) atoms. The van der Waals surface area contributed by atoms with Crippen LogP contribution in [-0.4, -0.2) is 43.6 Å². The fourth-order valence-electron chi connectivity index (χ4n) is 2.54. The van der Waals surface area contributed by atoms with Gasteiger partial charge < -0.3 is 19.5 Å². The number of nitrogens with zero attached hydrogens (tertiary/aromatic N) is 1. The second kappa shape index (κ2) is 10.6. The van der Waals surface area contributed by atoms with Crippen molar-refractivity contribution < 1.29 is 33.5 Å². The van der Waals surface area contributed by atoms with Crippen LogP contribution in [0.25, 0.3) is 0 Å². The second-order valence-electron chi connectivity index (χ2n) is 6.01. The summed E-state index contributed by atoms with van der Waals surface area (Å²) >= 11 is 0. The molecule has 0 fully saturated rings. The first kappa shape index (κ1) is 22.3. The summed E-state index contributed by atoms with van der Waals surface area (Å²) in [6.45, 7) is 0.0912. The number of carbonyl (C=O) groups is 3. The van der Waals surface area contributed by atoms with Gasteiger partial charge in [-0.25, -0.2) is 9.59 Å². The number of nitro benzene ring substituents is 1. The second-order valence-corrected chi connectivity index (χ2v) is 6.01. The number of esters is 2. The molecular formula is C20H20N2O8. The Morgan fingerprint density at radius 2 is 1.60 bits per heavy atom. The van der Waals surface area contributed by atoms with Crippen molar-refractivity contribution in [2.75, 3.05) is 26.1 Å². The molecule has 0 aliphatic rings. The van der Waals surface area contributed by atoms with Crippen LogP contribution in [0.3, 0.4) is 0 Å². The fraction of sp³-hybridized carbons (Fsp3) is 0.250. The van der Waals surface area contributed by atoms with E-state index in [1.165, 1.54) is 50.6 Å². The molecule has 0 bridgehead atoms. The van der Waals surface area contributed by atoms with Crippen molar-refractivity contribution in [2.45, 2.75) is 12.8 Å². The van der Waals surface area contributed by atoms with Crippen LogP contribution >= 0.6 is 0 Å². The first-order chi connectivity index (χ1) is 14.3. The standard InChI is InChI=1S/C20H20N2O8/c1-28-19(24)13-10-14(20(25)29-2)12-15(11-13)21-18(23)8-5-9-30-17-7-4-3-6-16(17)22(26)27/h3-4,6-7,10-12H,5,8-9H2,1-2H3,(H,21,23). The van der Waals surface area contributed by atoms with Gasteiger partial charge in [0, 0.05) is 18.2 Å². The molecule has 0 aromatic heterocycles. The van der Waals surface area contributed by atoms with Crippen LogP contribution in [0.5, 0.6) is 5.75 Å². The van der Waals surface area contributed by atoms with Gasteiger partial charge in [-0.15, -0.1) is 0 Å². The third kappa shape index (κ3) is 6.03. The van der Waals surface area contributed by atoms with E-state index in [1.54, 1.807) is 6.07 Å². The van der Waals surface area contributed by atoms with E-state index in [0.29, 0.717) is 6.42 Å². The highest BCUT2D eigenvalue weighted by molar-refractivity contribution is 5.99. The maximum absolute atomic E-state index is 12.2. The molecule has 0 radical (unpaired) electrons. The van der Waals surface area contributed by atoms with E-state index in [2.05, 4.69) is 14.8 Å². The Morgan fingerprint density at radius 3 is 2.17 bits per heavy atom. The number of carbonyl (C=O) groups excluding carboxylic acids is 3. The van der Waals surface area contributed by atoms with Gasteiger partial charge in [0.1, 0.15) is 0 Å². The predicted molar refractivity (Wildman–Crippen MR) is 106 cm³/mol. The number of nitrogens with one attached hydrogen (secondary N) is 1. The number of rotatable bonds is 9. The summed E-state index contributed by atoms with van der Waals surface area (Å²) in [5.41, 5.74) is 0.227. The van der Waals surface area contributed by atoms with Crippen molar-refractivity contribution in [3.8, 4) is 5.75 Å². The molecule has 0 atom stereocenters. The van der Waals surface area contributed by atoms with E-state index >= 15 is 0 Å². The molecule has 0 saturated heterocycles. The molecule has 10 nitrogen and oxygen atoms in total. The number of para-hydroxylation sites is 2.